The van der Waals surface area contributed by atoms with Crippen LogP contribution in [-0.4, -0.2) is 35.7 Å². The molecule has 3 heterocycles. The summed E-state index contributed by atoms with van der Waals surface area (Å²) in [5.74, 6) is 1.41. The van der Waals surface area contributed by atoms with Gasteiger partial charge in [0.1, 0.15) is 0 Å². The van der Waals surface area contributed by atoms with Crippen LogP contribution in [0.1, 0.15) is 36.3 Å². The van der Waals surface area contributed by atoms with Gasteiger partial charge in [0.25, 0.3) is 0 Å². The van der Waals surface area contributed by atoms with Crippen LogP contribution < -0.4 is 0 Å². The summed E-state index contributed by atoms with van der Waals surface area (Å²) in [6.07, 6.45) is 7.89. The van der Waals surface area contributed by atoms with Gasteiger partial charge in [-0.2, -0.15) is 0 Å². The Morgan fingerprint density at radius 1 is 0.933 bits per heavy atom. The average molecular weight is 398 g/mol. The molecule has 2 bridgehead atoms. The van der Waals surface area contributed by atoms with Crippen LogP contribution in [0, 0.1) is 11.8 Å². The lowest BCUT2D eigenvalue weighted by atomic mass is 9.63. The van der Waals surface area contributed by atoms with Crippen molar-refractivity contribution >= 4 is 0 Å². The molecule has 0 amide bonds. The predicted octanol–water partition coefficient (Wildman–Crippen LogP) is 5.33. The van der Waals surface area contributed by atoms with Crippen LogP contribution in [0.4, 0.5) is 0 Å². The van der Waals surface area contributed by atoms with Crippen molar-refractivity contribution in [3.8, 4) is 0 Å². The van der Waals surface area contributed by atoms with E-state index in [0.717, 1.165) is 17.6 Å². The van der Waals surface area contributed by atoms with Crippen molar-refractivity contribution in [2.75, 3.05) is 19.7 Å². The lowest BCUT2D eigenvalue weighted by Crippen LogP contribution is -2.57. The lowest BCUT2D eigenvalue weighted by molar-refractivity contribution is -0.000683. The molecule has 1 N–H and O–H groups in total. The number of benzene rings is 2. The molecule has 0 saturated carbocycles. The Morgan fingerprint density at radius 2 is 1.53 bits per heavy atom. The van der Waals surface area contributed by atoms with E-state index in [2.05, 4.69) is 84.3 Å². The van der Waals surface area contributed by atoms with Crippen molar-refractivity contribution in [2.24, 2.45) is 11.8 Å². The Kier molecular flexibility index (Phi) is 5.45. The minimum atomic E-state index is 0.0930. The van der Waals surface area contributed by atoms with Crippen molar-refractivity contribution in [3.05, 3.63) is 107 Å². The Hall–Kier alpha value is -2.42. The Balaban J connectivity index is 1.67. The monoisotopic (exact) mass is 397 g/mol. The van der Waals surface area contributed by atoms with Crippen LogP contribution in [-0.2, 0) is 0 Å². The van der Waals surface area contributed by atoms with Crippen molar-refractivity contribution in [1.82, 2.24) is 4.90 Å². The van der Waals surface area contributed by atoms with Gasteiger partial charge in [-0.05, 0) is 66.1 Å². The lowest BCUT2D eigenvalue weighted by Gasteiger charge is -2.55. The van der Waals surface area contributed by atoms with Gasteiger partial charge >= 0.3 is 0 Å². The Morgan fingerprint density at radius 3 is 2.10 bits per heavy atom. The number of fused-ring (bicyclic) bond motifs is 3. The first-order valence-corrected chi connectivity index (χ1v) is 11.3. The molecule has 2 aromatic rings. The van der Waals surface area contributed by atoms with E-state index in [0.29, 0.717) is 23.8 Å². The Labute approximate surface area is 180 Å². The molecule has 0 radical (unpaired) electrons. The van der Waals surface area contributed by atoms with E-state index in [9.17, 15) is 5.11 Å². The van der Waals surface area contributed by atoms with Crippen molar-refractivity contribution < 1.29 is 5.11 Å². The Bertz CT molecular complexity index is 911. The summed E-state index contributed by atoms with van der Waals surface area (Å²) < 4.78 is 0. The second-order valence-electron chi connectivity index (χ2n) is 8.99. The van der Waals surface area contributed by atoms with Gasteiger partial charge in [0.2, 0.25) is 0 Å². The van der Waals surface area contributed by atoms with Gasteiger partial charge in [0.05, 0.1) is 6.61 Å². The smallest absolute Gasteiger partial charge is 0.0687 e. The maximum Gasteiger partial charge on any atom is 0.0687 e. The fourth-order valence-electron chi connectivity index (χ4n) is 6.12. The quantitative estimate of drug-likeness (QED) is 0.737. The highest BCUT2D eigenvalue weighted by Crippen LogP contribution is 2.50. The first-order chi connectivity index (χ1) is 14.8. The maximum atomic E-state index is 10.2. The van der Waals surface area contributed by atoms with Crippen LogP contribution in [0.3, 0.4) is 0 Å². The largest absolute Gasteiger partial charge is 0.392 e. The number of aliphatic hydroxyl groups excluding tert-OH is 1. The molecule has 2 heteroatoms. The van der Waals surface area contributed by atoms with Crippen LogP contribution >= 0.6 is 0 Å². The molecule has 1 aliphatic carbocycles. The normalized spacial score (nSPS) is 28.4. The number of allylic oxidation sites excluding steroid dienone is 2. The maximum absolute atomic E-state index is 10.2. The predicted molar refractivity (Wildman–Crippen MR) is 123 cm³/mol. The van der Waals surface area contributed by atoms with Crippen LogP contribution in [0.15, 0.2) is 96.1 Å². The molecule has 0 spiro atoms. The van der Waals surface area contributed by atoms with Crippen molar-refractivity contribution in [1.29, 1.82) is 0 Å². The van der Waals surface area contributed by atoms with Gasteiger partial charge < -0.3 is 5.11 Å². The third kappa shape index (κ3) is 3.38. The number of piperidine rings is 3. The zero-order chi connectivity index (χ0) is 20.5. The van der Waals surface area contributed by atoms with E-state index < -0.39 is 0 Å². The molecule has 3 fully saturated rings. The molecule has 2 atom stereocenters. The summed E-state index contributed by atoms with van der Waals surface area (Å²) in [5.41, 5.74) is 6.28. The van der Waals surface area contributed by atoms with E-state index >= 15 is 0 Å². The summed E-state index contributed by atoms with van der Waals surface area (Å²) in [6, 6.07) is 22.4. The van der Waals surface area contributed by atoms with Crippen LogP contribution in [0.2, 0.25) is 0 Å². The molecule has 0 aromatic heterocycles. The molecule has 154 valence electrons. The average Bonchev–Trinajstić information content (AvgIpc) is 2.81. The minimum Gasteiger partial charge on any atom is -0.392 e. The molecule has 6 rings (SSSR count). The number of hydrogen-bond donors (Lipinski definition) is 1. The topological polar surface area (TPSA) is 23.5 Å². The zero-order valence-corrected chi connectivity index (χ0v) is 17.6. The fourth-order valence-corrected chi connectivity index (χ4v) is 6.12. The second kappa shape index (κ2) is 8.37. The van der Waals surface area contributed by atoms with Gasteiger partial charge in [-0.3, -0.25) is 4.90 Å². The van der Waals surface area contributed by atoms with E-state index in [1.807, 2.05) is 0 Å². The molecule has 4 aliphatic rings. The molecule has 2 nitrogen and oxygen atoms in total. The highest BCUT2D eigenvalue weighted by Gasteiger charge is 2.48. The number of rotatable bonds is 5. The third-order valence-corrected chi connectivity index (χ3v) is 7.48. The fraction of sp³-hybridized carbons (Fsp3) is 0.357. The molecular weight excluding hydrogens is 366 g/mol. The third-order valence-electron chi connectivity index (χ3n) is 7.48. The standard InChI is InChI=1S/C28H31NO/c1-20-9-8-14-24(25(20)19-30)27-23-15-17-29(18-16-23)28(27)26(21-10-4-2-5-11-21)22-12-6-3-7-13-22/h2-8,10-14,23,26-28,30H,1,9,15-19H2. The van der Waals surface area contributed by atoms with Crippen LogP contribution in [0.5, 0.6) is 0 Å². The van der Waals surface area contributed by atoms with Gasteiger partial charge in [-0.1, -0.05) is 79.4 Å². The molecular formula is C28H31NO. The number of hydrogen-bond acceptors (Lipinski definition) is 2. The first kappa shape index (κ1) is 19.5. The van der Waals surface area contributed by atoms with Crippen molar-refractivity contribution in [3.63, 3.8) is 0 Å². The highest BCUT2D eigenvalue weighted by molar-refractivity contribution is 5.48. The zero-order valence-electron chi connectivity index (χ0n) is 17.6. The summed E-state index contributed by atoms with van der Waals surface area (Å²) in [6.45, 7) is 6.72. The van der Waals surface area contributed by atoms with E-state index in [-0.39, 0.29) is 6.61 Å². The van der Waals surface area contributed by atoms with Crippen LogP contribution in [0.25, 0.3) is 0 Å². The first-order valence-electron chi connectivity index (χ1n) is 11.3. The molecule has 3 saturated heterocycles. The number of aliphatic hydroxyl groups is 1. The van der Waals surface area contributed by atoms with Gasteiger partial charge in [0, 0.05) is 17.9 Å². The van der Waals surface area contributed by atoms with Gasteiger partial charge in [0.15, 0.2) is 0 Å². The van der Waals surface area contributed by atoms with Gasteiger partial charge in [-0.25, -0.2) is 0 Å². The molecule has 30 heavy (non-hydrogen) atoms. The molecule has 2 aromatic carbocycles. The number of nitrogens with zero attached hydrogens (tertiary/aromatic N) is 1. The SMILES string of the molecule is C=C1CC=CC(C2C3CCN(CC3)C2C(c2ccccc2)c2ccccc2)=C1CO. The van der Waals surface area contributed by atoms with E-state index in [4.69, 9.17) is 0 Å². The second-order valence-corrected chi connectivity index (χ2v) is 8.99. The summed E-state index contributed by atoms with van der Waals surface area (Å²) in [7, 11) is 0. The summed E-state index contributed by atoms with van der Waals surface area (Å²) in [4.78, 5) is 2.72. The van der Waals surface area contributed by atoms with E-state index in [1.54, 1.807) is 0 Å². The van der Waals surface area contributed by atoms with Gasteiger partial charge in [-0.15, -0.1) is 0 Å². The summed E-state index contributed by atoms with van der Waals surface area (Å²) in [5, 5.41) is 10.2. The highest BCUT2D eigenvalue weighted by atomic mass is 16.3. The van der Waals surface area contributed by atoms with Crippen molar-refractivity contribution in [2.45, 2.75) is 31.2 Å². The van der Waals surface area contributed by atoms with E-state index in [1.165, 1.54) is 42.6 Å². The molecule has 3 aliphatic heterocycles. The minimum absolute atomic E-state index is 0.0930. The summed E-state index contributed by atoms with van der Waals surface area (Å²) >= 11 is 0. The molecule has 2 unspecified atom stereocenters.